The van der Waals surface area contributed by atoms with Crippen LogP contribution in [0.15, 0.2) is 16.3 Å². The van der Waals surface area contributed by atoms with Crippen LogP contribution in [-0.4, -0.2) is 31.9 Å². The molecule has 0 bridgehead atoms. The van der Waals surface area contributed by atoms with Crippen molar-refractivity contribution >= 4 is 33.8 Å². The van der Waals surface area contributed by atoms with E-state index in [0.29, 0.717) is 17.3 Å². The van der Waals surface area contributed by atoms with Gasteiger partial charge in [-0.3, -0.25) is 0 Å². The maximum atomic E-state index is 12.2. The zero-order valence-electron chi connectivity index (χ0n) is 9.63. The predicted octanol–water partition coefficient (Wildman–Crippen LogP) is 1.45. The lowest BCUT2D eigenvalue weighted by molar-refractivity contribution is 0.474. The smallest absolute Gasteiger partial charge is 0.252 e. The van der Waals surface area contributed by atoms with E-state index < -0.39 is 10.0 Å². The molecule has 1 atom stereocenters. The largest absolute Gasteiger partial charge is 0.326 e. The first kappa shape index (κ1) is 14.9. The number of aryl methyl sites for hydroxylation is 1. The molecular formula is C10H17ClN2O2S2. The summed E-state index contributed by atoms with van der Waals surface area (Å²) in [5.74, 6) is 0. The fourth-order valence-electron chi connectivity index (χ4n) is 1.79. The van der Waals surface area contributed by atoms with Crippen molar-refractivity contribution in [1.29, 1.82) is 0 Å². The second kappa shape index (κ2) is 5.67. The molecule has 0 spiro atoms. The van der Waals surface area contributed by atoms with Gasteiger partial charge in [0.05, 0.1) is 0 Å². The number of sulfonamides is 1. The minimum Gasteiger partial charge on any atom is -0.326 e. The fourth-order valence-corrected chi connectivity index (χ4v) is 4.75. The summed E-state index contributed by atoms with van der Waals surface area (Å²) in [6.45, 7) is 3.01. The lowest BCUT2D eigenvalue weighted by atomic mass is 10.3. The van der Waals surface area contributed by atoms with Crippen LogP contribution in [0.25, 0.3) is 0 Å². The summed E-state index contributed by atoms with van der Waals surface area (Å²) in [4.78, 5) is 1.10. The predicted molar refractivity (Wildman–Crippen MR) is 72.3 cm³/mol. The second-order valence-corrected chi connectivity index (χ2v) is 7.32. The highest BCUT2D eigenvalue weighted by Gasteiger charge is 2.31. The summed E-state index contributed by atoms with van der Waals surface area (Å²) in [5.41, 5.74) is 5.73. The van der Waals surface area contributed by atoms with E-state index in [9.17, 15) is 8.42 Å². The third-order valence-electron chi connectivity index (χ3n) is 2.77. The number of hydrogen-bond acceptors (Lipinski definition) is 4. The van der Waals surface area contributed by atoms with Gasteiger partial charge in [-0.25, -0.2) is 8.42 Å². The average molecular weight is 297 g/mol. The Hall–Kier alpha value is -0.140. The number of thiophene rings is 1. The molecule has 0 saturated carbocycles. The van der Waals surface area contributed by atoms with Gasteiger partial charge >= 0.3 is 0 Å². The summed E-state index contributed by atoms with van der Waals surface area (Å²) in [5, 5.41) is 0. The molecule has 7 heteroatoms. The molecule has 1 fully saturated rings. The van der Waals surface area contributed by atoms with Gasteiger partial charge in [-0.1, -0.05) is 6.92 Å². The van der Waals surface area contributed by atoms with Crippen molar-refractivity contribution in [2.75, 3.05) is 13.1 Å². The Kier molecular flexibility index (Phi) is 4.97. The number of halogens is 1. The first-order valence-electron chi connectivity index (χ1n) is 5.38. The SMILES string of the molecule is CCc1ccc(S(=O)(=O)N2CC[C@@H](N)C2)s1.Cl. The maximum absolute atomic E-state index is 12.2. The van der Waals surface area contributed by atoms with E-state index in [4.69, 9.17) is 5.73 Å². The highest BCUT2D eigenvalue weighted by Crippen LogP contribution is 2.27. The molecule has 1 aromatic heterocycles. The van der Waals surface area contributed by atoms with E-state index >= 15 is 0 Å². The van der Waals surface area contributed by atoms with E-state index in [0.717, 1.165) is 17.7 Å². The third kappa shape index (κ3) is 3.00. The maximum Gasteiger partial charge on any atom is 0.252 e. The van der Waals surface area contributed by atoms with E-state index in [1.165, 1.54) is 15.6 Å². The van der Waals surface area contributed by atoms with Crippen molar-refractivity contribution < 1.29 is 8.42 Å². The summed E-state index contributed by atoms with van der Waals surface area (Å²) < 4.78 is 26.3. The van der Waals surface area contributed by atoms with Crippen LogP contribution in [0, 0.1) is 0 Å². The monoisotopic (exact) mass is 296 g/mol. The van der Waals surface area contributed by atoms with Crippen molar-refractivity contribution in [3.63, 3.8) is 0 Å². The van der Waals surface area contributed by atoms with Crippen LogP contribution < -0.4 is 5.73 Å². The van der Waals surface area contributed by atoms with Crippen molar-refractivity contribution in [3.8, 4) is 0 Å². The molecule has 0 radical (unpaired) electrons. The van der Waals surface area contributed by atoms with Gasteiger partial charge < -0.3 is 5.73 Å². The number of nitrogens with two attached hydrogens (primary N) is 1. The van der Waals surface area contributed by atoms with Crippen molar-refractivity contribution in [1.82, 2.24) is 4.31 Å². The molecule has 17 heavy (non-hydrogen) atoms. The summed E-state index contributed by atoms with van der Waals surface area (Å²) in [7, 11) is -3.29. The first-order valence-corrected chi connectivity index (χ1v) is 7.64. The number of hydrogen-bond donors (Lipinski definition) is 1. The van der Waals surface area contributed by atoms with Gasteiger partial charge in [0, 0.05) is 24.0 Å². The molecular weight excluding hydrogens is 280 g/mol. The molecule has 0 amide bonds. The molecule has 1 aliphatic heterocycles. The Morgan fingerprint density at radius 3 is 2.71 bits per heavy atom. The molecule has 0 aliphatic carbocycles. The van der Waals surface area contributed by atoms with Crippen LogP contribution in [0.4, 0.5) is 0 Å². The number of rotatable bonds is 3. The van der Waals surface area contributed by atoms with Crippen LogP contribution in [-0.2, 0) is 16.4 Å². The molecule has 1 saturated heterocycles. The van der Waals surface area contributed by atoms with Crippen LogP contribution in [0.1, 0.15) is 18.2 Å². The minimum absolute atomic E-state index is 0. The summed E-state index contributed by atoms with van der Waals surface area (Å²) >= 11 is 1.36. The molecule has 1 aromatic rings. The zero-order valence-corrected chi connectivity index (χ0v) is 12.1. The Labute approximate surface area is 112 Å². The van der Waals surface area contributed by atoms with E-state index in [2.05, 4.69) is 0 Å². The molecule has 0 aromatic carbocycles. The van der Waals surface area contributed by atoms with E-state index in [1.807, 2.05) is 13.0 Å². The Bertz CT molecular complexity index is 472. The van der Waals surface area contributed by atoms with Crippen molar-refractivity contribution in [3.05, 3.63) is 17.0 Å². The van der Waals surface area contributed by atoms with Crippen molar-refractivity contribution in [2.24, 2.45) is 5.73 Å². The lowest BCUT2D eigenvalue weighted by Crippen LogP contribution is -2.31. The Morgan fingerprint density at radius 2 is 2.24 bits per heavy atom. The lowest BCUT2D eigenvalue weighted by Gasteiger charge is -2.14. The molecule has 1 aliphatic rings. The molecule has 2 rings (SSSR count). The quantitative estimate of drug-likeness (QED) is 0.918. The van der Waals surface area contributed by atoms with Gasteiger partial charge in [0.1, 0.15) is 4.21 Å². The highest BCUT2D eigenvalue weighted by atomic mass is 35.5. The highest BCUT2D eigenvalue weighted by molar-refractivity contribution is 7.91. The Morgan fingerprint density at radius 1 is 1.53 bits per heavy atom. The normalized spacial score (nSPS) is 21.4. The van der Waals surface area contributed by atoms with Gasteiger partial charge in [-0.05, 0) is 25.0 Å². The number of nitrogens with zero attached hydrogens (tertiary/aromatic N) is 1. The minimum atomic E-state index is -3.29. The standard InChI is InChI=1S/C10H16N2O2S2.ClH/c1-2-9-3-4-10(15-9)16(13,14)12-6-5-8(11)7-12;/h3-4,8H,2,5-7,11H2,1H3;1H/t8-;/m1./s1. The molecule has 2 N–H and O–H groups in total. The second-order valence-electron chi connectivity index (χ2n) is 3.99. The average Bonchev–Trinajstić information content (AvgIpc) is 2.85. The van der Waals surface area contributed by atoms with Gasteiger partial charge in [0.25, 0.3) is 10.0 Å². The van der Waals surface area contributed by atoms with Crippen molar-refractivity contribution in [2.45, 2.75) is 30.0 Å². The fraction of sp³-hybridized carbons (Fsp3) is 0.600. The first-order chi connectivity index (χ1) is 7.54. The topological polar surface area (TPSA) is 63.4 Å². The molecule has 98 valence electrons. The van der Waals surface area contributed by atoms with Gasteiger partial charge in [0.2, 0.25) is 0 Å². The summed E-state index contributed by atoms with van der Waals surface area (Å²) in [6.07, 6.45) is 1.63. The van der Waals surface area contributed by atoms with Crippen LogP contribution in [0.3, 0.4) is 0 Å². The molecule has 0 unspecified atom stereocenters. The molecule has 4 nitrogen and oxygen atoms in total. The third-order valence-corrected chi connectivity index (χ3v) is 6.33. The van der Waals surface area contributed by atoms with Crippen LogP contribution in [0.2, 0.25) is 0 Å². The zero-order chi connectivity index (χ0) is 11.8. The van der Waals surface area contributed by atoms with Gasteiger partial charge in [0.15, 0.2) is 0 Å². The molecule has 2 heterocycles. The van der Waals surface area contributed by atoms with Crippen LogP contribution >= 0.6 is 23.7 Å². The Balaban J connectivity index is 0.00000144. The van der Waals surface area contributed by atoms with Gasteiger partial charge in [-0.2, -0.15) is 4.31 Å². The van der Waals surface area contributed by atoms with Crippen LogP contribution in [0.5, 0.6) is 0 Å². The van der Waals surface area contributed by atoms with E-state index in [1.54, 1.807) is 6.07 Å². The summed E-state index contributed by atoms with van der Waals surface area (Å²) in [6, 6.07) is 3.57. The van der Waals surface area contributed by atoms with Gasteiger partial charge in [-0.15, -0.1) is 23.7 Å². The van der Waals surface area contributed by atoms with E-state index in [-0.39, 0.29) is 18.4 Å².